The van der Waals surface area contributed by atoms with Gasteiger partial charge in [0.25, 0.3) is 0 Å². The number of carbonyl (C=O) groups excluding carboxylic acids is 7. The van der Waals surface area contributed by atoms with E-state index in [9.17, 15) is 33.6 Å². The molecule has 3 rings (SSSR count). The first-order chi connectivity index (χ1) is 18.9. The number of rotatable bonds is 16. The number of nitrogens with zero attached hydrogens (tertiary/aromatic N) is 2. The lowest BCUT2D eigenvalue weighted by molar-refractivity contribution is -0.141. The number of imide groups is 1. The summed E-state index contributed by atoms with van der Waals surface area (Å²) in [6.45, 7) is 4.49. The Hall–Kier alpha value is -3.70. The van der Waals surface area contributed by atoms with Crippen LogP contribution in [0.1, 0.15) is 65.7 Å². The summed E-state index contributed by atoms with van der Waals surface area (Å²) in [6.07, 6.45) is 4.82. The van der Waals surface area contributed by atoms with Gasteiger partial charge in [-0.05, 0) is 51.9 Å². The molecule has 2 aliphatic carbocycles. The molecular formula is C28H39N5O7. The second-order valence-corrected chi connectivity index (χ2v) is 11.0. The predicted octanol–water partition coefficient (Wildman–Crippen LogP) is 0.228. The molecule has 4 N–H and O–H groups in total. The van der Waals surface area contributed by atoms with E-state index in [-0.39, 0.29) is 85.7 Å². The molecule has 2 bridgehead atoms. The molecule has 0 aromatic carbocycles. The maximum Gasteiger partial charge on any atom is 0.243 e. The second kappa shape index (κ2) is 13.6. The zero-order valence-corrected chi connectivity index (χ0v) is 23.3. The fourth-order valence-corrected chi connectivity index (χ4v) is 5.76. The van der Waals surface area contributed by atoms with Crippen LogP contribution in [0.25, 0.3) is 0 Å². The van der Waals surface area contributed by atoms with E-state index < -0.39 is 29.7 Å². The van der Waals surface area contributed by atoms with Crippen molar-refractivity contribution in [3.05, 3.63) is 12.2 Å². The molecule has 218 valence electrons. The SMILES string of the molecule is CC(=O)CCC(=O)[C@H](CC(C)=O)NC(=O)[C@H](CCCN=C(C)N)NC(=O)CCN1C(=O)C2[C@@H]3C=C[C@@H](C3)[C@H]2C1=O. The van der Waals surface area contributed by atoms with Crippen LogP contribution in [0.5, 0.6) is 0 Å². The van der Waals surface area contributed by atoms with E-state index in [1.165, 1.54) is 13.8 Å². The molecule has 0 aromatic rings. The third-order valence-electron chi connectivity index (χ3n) is 7.71. The van der Waals surface area contributed by atoms with Crippen molar-refractivity contribution in [3.8, 4) is 0 Å². The largest absolute Gasteiger partial charge is 0.388 e. The molecule has 2 fully saturated rings. The molecule has 12 heteroatoms. The molecule has 6 atom stereocenters. The molecular weight excluding hydrogens is 518 g/mol. The summed E-state index contributed by atoms with van der Waals surface area (Å²) < 4.78 is 0. The number of nitrogens with two attached hydrogens (primary N) is 1. The van der Waals surface area contributed by atoms with Gasteiger partial charge in [-0.3, -0.25) is 38.7 Å². The Morgan fingerprint density at radius 1 is 0.925 bits per heavy atom. The monoisotopic (exact) mass is 557 g/mol. The van der Waals surface area contributed by atoms with Gasteiger partial charge in [-0.15, -0.1) is 0 Å². The highest BCUT2D eigenvalue weighted by Crippen LogP contribution is 2.52. The molecule has 1 saturated carbocycles. The maximum absolute atomic E-state index is 13.2. The number of fused-ring (bicyclic) bond motifs is 5. The summed E-state index contributed by atoms with van der Waals surface area (Å²) in [5.41, 5.74) is 5.57. The Balaban J connectivity index is 1.62. The molecule has 3 aliphatic rings. The van der Waals surface area contributed by atoms with Crippen molar-refractivity contribution in [3.63, 3.8) is 0 Å². The predicted molar refractivity (Wildman–Crippen MR) is 145 cm³/mol. The number of allylic oxidation sites excluding steroid dienone is 2. The molecule has 12 nitrogen and oxygen atoms in total. The molecule has 1 aliphatic heterocycles. The van der Waals surface area contributed by atoms with Crippen LogP contribution in [0.4, 0.5) is 0 Å². The first kappa shape index (κ1) is 30.8. The van der Waals surface area contributed by atoms with E-state index >= 15 is 0 Å². The van der Waals surface area contributed by atoms with Crippen molar-refractivity contribution < 1.29 is 33.6 Å². The van der Waals surface area contributed by atoms with Crippen molar-refractivity contribution in [2.45, 2.75) is 77.8 Å². The zero-order chi connectivity index (χ0) is 29.6. The van der Waals surface area contributed by atoms with Gasteiger partial charge in [-0.25, -0.2) is 0 Å². The topological polar surface area (TPSA) is 185 Å². The van der Waals surface area contributed by atoms with E-state index in [1.54, 1.807) is 6.92 Å². The van der Waals surface area contributed by atoms with E-state index in [1.807, 2.05) is 12.2 Å². The minimum Gasteiger partial charge on any atom is -0.388 e. The number of nitrogens with one attached hydrogen (secondary N) is 2. The summed E-state index contributed by atoms with van der Waals surface area (Å²) in [6, 6.07) is -2.18. The molecule has 0 aromatic heterocycles. The Morgan fingerprint density at radius 3 is 2.10 bits per heavy atom. The van der Waals surface area contributed by atoms with Crippen molar-refractivity contribution in [2.75, 3.05) is 13.1 Å². The van der Waals surface area contributed by atoms with Crippen LogP contribution < -0.4 is 16.4 Å². The average molecular weight is 558 g/mol. The second-order valence-electron chi connectivity index (χ2n) is 11.0. The van der Waals surface area contributed by atoms with Crippen LogP contribution in [0, 0.1) is 23.7 Å². The van der Waals surface area contributed by atoms with Crippen LogP contribution in [0.15, 0.2) is 17.1 Å². The van der Waals surface area contributed by atoms with Gasteiger partial charge in [-0.1, -0.05) is 12.2 Å². The van der Waals surface area contributed by atoms with Crippen LogP contribution in [0.2, 0.25) is 0 Å². The maximum atomic E-state index is 13.2. The van der Waals surface area contributed by atoms with Crippen molar-refractivity contribution in [1.82, 2.24) is 15.5 Å². The Kier molecular flexibility index (Phi) is 10.5. The molecule has 4 amide bonds. The number of Topliss-reactive ketones (excluding diaryl/α,β-unsaturated/α-hetero) is 3. The number of hydrogen-bond acceptors (Lipinski definition) is 8. The Morgan fingerprint density at radius 2 is 1.55 bits per heavy atom. The van der Waals surface area contributed by atoms with E-state index in [4.69, 9.17) is 5.73 Å². The lowest BCUT2D eigenvalue weighted by Gasteiger charge is -2.23. The number of aliphatic imine (C=N–C) groups is 1. The third-order valence-corrected chi connectivity index (χ3v) is 7.71. The first-order valence-corrected chi connectivity index (χ1v) is 13.8. The third kappa shape index (κ3) is 7.70. The van der Waals surface area contributed by atoms with Gasteiger partial charge in [0.05, 0.1) is 23.7 Å². The van der Waals surface area contributed by atoms with Gasteiger partial charge < -0.3 is 21.2 Å². The van der Waals surface area contributed by atoms with Crippen molar-refractivity contribution >= 4 is 46.8 Å². The minimum absolute atomic E-state index is 0.00702. The van der Waals surface area contributed by atoms with Gasteiger partial charge in [0.2, 0.25) is 23.6 Å². The van der Waals surface area contributed by atoms with E-state index in [0.717, 1.165) is 11.3 Å². The quantitative estimate of drug-likeness (QED) is 0.0791. The molecule has 1 heterocycles. The molecule has 1 unspecified atom stereocenters. The average Bonchev–Trinajstić information content (AvgIpc) is 3.56. The Labute approximate surface area is 233 Å². The van der Waals surface area contributed by atoms with Gasteiger partial charge >= 0.3 is 0 Å². The summed E-state index contributed by atoms with van der Waals surface area (Å²) in [5, 5.41) is 5.20. The fraction of sp³-hybridized carbons (Fsp3) is 0.643. The lowest BCUT2D eigenvalue weighted by Crippen LogP contribution is -2.52. The standard InChI is InChI=1S/C28H39N5O7/c1-15(34)6-9-22(36)21(13-16(2)35)32-26(38)20(5-4-11-30-17(3)29)31-23(37)10-12-33-27(39)24-18-7-8-19(14-18)25(24)28(33)40/h7-8,18-21,24-25H,4-6,9-14H2,1-3H3,(H2,29,30)(H,31,37)(H,32,38)/t18-,19+,20-,21-,24+,25?/m0/s1. The highest BCUT2D eigenvalue weighted by atomic mass is 16.2. The van der Waals surface area contributed by atoms with Crippen LogP contribution in [-0.4, -0.2) is 76.9 Å². The highest BCUT2D eigenvalue weighted by molar-refractivity contribution is 6.06. The number of ketones is 3. The van der Waals surface area contributed by atoms with E-state index in [2.05, 4.69) is 15.6 Å². The molecule has 0 radical (unpaired) electrons. The summed E-state index contributed by atoms with van der Waals surface area (Å²) in [7, 11) is 0. The number of likely N-dealkylation sites (tertiary alicyclic amines) is 1. The molecule has 0 spiro atoms. The fourth-order valence-electron chi connectivity index (χ4n) is 5.76. The number of carbonyl (C=O) groups is 7. The number of amidine groups is 1. The van der Waals surface area contributed by atoms with Crippen LogP contribution in [0.3, 0.4) is 0 Å². The first-order valence-electron chi connectivity index (χ1n) is 13.8. The normalized spacial score (nSPS) is 24.6. The van der Waals surface area contributed by atoms with Gasteiger partial charge in [-0.2, -0.15) is 0 Å². The van der Waals surface area contributed by atoms with Crippen molar-refractivity contribution in [2.24, 2.45) is 34.4 Å². The summed E-state index contributed by atoms with van der Waals surface area (Å²) in [4.78, 5) is 92.8. The zero-order valence-electron chi connectivity index (χ0n) is 23.3. The lowest BCUT2D eigenvalue weighted by atomic mass is 9.85. The summed E-state index contributed by atoms with van der Waals surface area (Å²) in [5.74, 6) is -2.85. The smallest absolute Gasteiger partial charge is 0.243 e. The minimum atomic E-state index is -1.13. The van der Waals surface area contributed by atoms with Crippen LogP contribution in [-0.2, 0) is 33.6 Å². The van der Waals surface area contributed by atoms with Gasteiger partial charge in [0.1, 0.15) is 17.6 Å². The number of hydrogen-bond donors (Lipinski definition) is 3. The summed E-state index contributed by atoms with van der Waals surface area (Å²) >= 11 is 0. The van der Waals surface area contributed by atoms with E-state index in [0.29, 0.717) is 18.8 Å². The van der Waals surface area contributed by atoms with Crippen molar-refractivity contribution in [1.29, 1.82) is 0 Å². The number of amides is 4. The Bertz CT molecular complexity index is 1100. The molecule has 40 heavy (non-hydrogen) atoms. The highest BCUT2D eigenvalue weighted by Gasteiger charge is 2.59. The van der Waals surface area contributed by atoms with Gasteiger partial charge in [0.15, 0.2) is 5.78 Å². The van der Waals surface area contributed by atoms with Crippen LogP contribution >= 0.6 is 0 Å². The molecule has 1 saturated heterocycles. The van der Waals surface area contributed by atoms with Gasteiger partial charge in [0, 0.05) is 38.8 Å².